The van der Waals surface area contributed by atoms with E-state index in [2.05, 4.69) is 12.1 Å². The number of hydrogen-bond donors (Lipinski definition) is 1. The lowest BCUT2D eigenvalue weighted by Gasteiger charge is -2.10. The van der Waals surface area contributed by atoms with Gasteiger partial charge < -0.3 is 5.73 Å². The van der Waals surface area contributed by atoms with Crippen LogP contribution in [-0.4, -0.2) is 0 Å². The van der Waals surface area contributed by atoms with Crippen LogP contribution in [0.3, 0.4) is 0 Å². The van der Waals surface area contributed by atoms with Gasteiger partial charge in [0, 0.05) is 17.3 Å². The molecular formula is C12H12ClNS. The van der Waals surface area contributed by atoms with Gasteiger partial charge in [-0.2, -0.15) is 0 Å². The zero-order valence-electron chi connectivity index (χ0n) is 8.19. The Morgan fingerprint density at radius 1 is 1.13 bits per heavy atom. The Balaban J connectivity index is 2.07. The van der Waals surface area contributed by atoms with Crippen molar-refractivity contribution in [3.8, 4) is 0 Å². The maximum atomic E-state index is 6.10. The Morgan fingerprint density at radius 3 is 2.47 bits per heavy atom. The van der Waals surface area contributed by atoms with Crippen LogP contribution in [-0.2, 0) is 6.42 Å². The van der Waals surface area contributed by atoms with E-state index in [0.717, 1.165) is 10.8 Å². The highest BCUT2D eigenvalue weighted by atomic mass is 35.5. The van der Waals surface area contributed by atoms with E-state index in [1.807, 2.05) is 30.3 Å². The van der Waals surface area contributed by atoms with Crippen LogP contribution < -0.4 is 5.73 Å². The van der Waals surface area contributed by atoms with Gasteiger partial charge in [-0.1, -0.05) is 41.9 Å². The van der Waals surface area contributed by atoms with E-state index in [1.54, 1.807) is 11.3 Å². The molecule has 0 radical (unpaired) electrons. The van der Waals surface area contributed by atoms with Gasteiger partial charge in [0.05, 0.1) is 4.34 Å². The van der Waals surface area contributed by atoms with Gasteiger partial charge in [0.25, 0.3) is 0 Å². The molecule has 78 valence electrons. The number of hydrogen-bond acceptors (Lipinski definition) is 2. The van der Waals surface area contributed by atoms with Gasteiger partial charge in [0.2, 0.25) is 0 Å². The summed E-state index contributed by atoms with van der Waals surface area (Å²) in [6.07, 6.45) is 0.849. The van der Waals surface area contributed by atoms with Crippen LogP contribution in [0, 0.1) is 0 Å². The first-order valence-electron chi connectivity index (χ1n) is 4.80. The quantitative estimate of drug-likeness (QED) is 0.867. The van der Waals surface area contributed by atoms with Crippen molar-refractivity contribution in [3.63, 3.8) is 0 Å². The van der Waals surface area contributed by atoms with Crippen LogP contribution in [0.5, 0.6) is 0 Å². The minimum Gasteiger partial charge on any atom is -0.324 e. The molecule has 1 atom stereocenters. The van der Waals surface area contributed by atoms with Crippen LogP contribution in [0.4, 0.5) is 0 Å². The van der Waals surface area contributed by atoms with E-state index < -0.39 is 0 Å². The van der Waals surface area contributed by atoms with Crippen molar-refractivity contribution >= 4 is 22.9 Å². The summed E-state index contributed by atoms with van der Waals surface area (Å²) in [5, 5.41) is 0. The summed E-state index contributed by atoms with van der Waals surface area (Å²) >= 11 is 7.46. The average molecular weight is 238 g/mol. The van der Waals surface area contributed by atoms with Crippen LogP contribution in [0.25, 0.3) is 0 Å². The molecular weight excluding hydrogens is 226 g/mol. The molecule has 0 aliphatic rings. The maximum Gasteiger partial charge on any atom is 0.0931 e. The minimum absolute atomic E-state index is 0.0564. The van der Waals surface area contributed by atoms with Gasteiger partial charge in [-0.15, -0.1) is 11.3 Å². The first-order valence-corrected chi connectivity index (χ1v) is 6.00. The smallest absolute Gasteiger partial charge is 0.0931 e. The minimum atomic E-state index is 0.0564. The van der Waals surface area contributed by atoms with E-state index in [1.165, 1.54) is 10.4 Å². The van der Waals surface area contributed by atoms with Crippen molar-refractivity contribution in [2.75, 3.05) is 0 Å². The monoisotopic (exact) mass is 237 g/mol. The van der Waals surface area contributed by atoms with Gasteiger partial charge in [0.15, 0.2) is 0 Å². The topological polar surface area (TPSA) is 26.0 Å². The highest BCUT2D eigenvalue weighted by molar-refractivity contribution is 7.16. The molecule has 0 spiro atoms. The molecule has 15 heavy (non-hydrogen) atoms. The Labute approximate surface area is 98.5 Å². The SMILES string of the molecule is NC(Cc1ccc(Cl)s1)c1ccccc1. The van der Waals surface area contributed by atoms with Crippen LogP contribution in [0.1, 0.15) is 16.5 Å². The van der Waals surface area contributed by atoms with E-state index >= 15 is 0 Å². The molecule has 1 aromatic heterocycles. The van der Waals surface area contributed by atoms with Crippen LogP contribution in [0.2, 0.25) is 4.34 Å². The maximum absolute atomic E-state index is 6.10. The van der Waals surface area contributed by atoms with E-state index in [-0.39, 0.29) is 6.04 Å². The standard InChI is InChI=1S/C12H12ClNS/c13-12-7-6-10(15-12)8-11(14)9-4-2-1-3-5-9/h1-7,11H,8,14H2. The fourth-order valence-electron chi connectivity index (χ4n) is 1.50. The molecule has 1 aromatic carbocycles. The zero-order chi connectivity index (χ0) is 10.7. The molecule has 2 N–H and O–H groups in total. The lowest BCUT2D eigenvalue weighted by Crippen LogP contribution is -2.12. The third-order valence-electron chi connectivity index (χ3n) is 2.28. The second-order valence-corrected chi connectivity index (χ2v) is 5.23. The van der Waals surface area contributed by atoms with Crippen molar-refractivity contribution in [1.29, 1.82) is 0 Å². The fraction of sp³-hybridized carbons (Fsp3) is 0.167. The Kier molecular flexibility index (Phi) is 3.41. The molecule has 2 rings (SSSR count). The summed E-state index contributed by atoms with van der Waals surface area (Å²) in [5.41, 5.74) is 7.27. The Hall–Kier alpha value is -0.830. The molecule has 1 heterocycles. The van der Waals surface area contributed by atoms with Crippen molar-refractivity contribution in [1.82, 2.24) is 0 Å². The third-order valence-corrected chi connectivity index (χ3v) is 3.53. The summed E-state index contributed by atoms with van der Waals surface area (Å²) in [6, 6.07) is 14.1. The summed E-state index contributed by atoms with van der Waals surface area (Å²) < 4.78 is 0.824. The summed E-state index contributed by atoms with van der Waals surface area (Å²) in [4.78, 5) is 1.23. The van der Waals surface area contributed by atoms with Crippen molar-refractivity contribution in [2.45, 2.75) is 12.5 Å². The first kappa shape index (κ1) is 10.7. The molecule has 0 bridgehead atoms. The highest BCUT2D eigenvalue weighted by Crippen LogP contribution is 2.25. The zero-order valence-corrected chi connectivity index (χ0v) is 9.76. The molecule has 0 saturated carbocycles. The number of benzene rings is 1. The molecule has 3 heteroatoms. The molecule has 0 amide bonds. The average Bonchev–Trinajstić information content (AvgIpc) is 2.65. The lowest BCUT2D eigenvalue weighted by molar-refractivity contribution is 0.730. The van der Waals surface area contributed by atoms with Crippen LogP contribution >= 0.6 is 22.9 Å². The van der Waals surface area contributed by atoms with Gasteiger partial charge >= 0.3 is 0 Å². The Bertz CT molecular complexity index is 424. The third kappa shape index (κ3) is 2.81. The predicted octanol–water partition coefficient (Wildman–Crippen LogP) is 3.64. The van der Waals surface area contributed by atoms with Crippen LogP contribution in [0.15, 0.2) is 42.5 Å². The summed E-state index contributed by atoms with van der Waals surface area (Å²) in [6.45, 7) is 0. The number of thiophene rings is 1. The van der Waals surface area contributed by atoms with Crippen molar-refractivity contribution in [3.05, 3.63) is 57.2 Å². The number of rotatable bonds is 3. The molecule has 0 aliphatic carbocycles. The molecule has 0 fully saturated rings. The second kappa shape index (κ2) is 4.79. The van der Waals surface area contributed by atoms with E-state index in [4.69, 9.17) is 17.3 Å². The van der Waals surface area contributed by atoms with Gasteiger partial charge in [0.1, 0.15) is 0 Å². The fourth-order valence-corrected chi connectivity index (χ4v) is 2.64. The van der Waals surface area contributed by atoms with Gasteiger partial charge in [-0.25, -0.2) is 0 Å². The number of nitrogens with two attached hydrogens (primary N) is 1. The van der Waals surface area contributed by atoms with Crippen molar-refractivity contribution in [2.24, 2.45) is 5.73 Å². The molecule has 2 aromatic rings. The largest absolute Gasteiger partial charge is 0.324 e. The predicted molar refractivity (Wildman–Crippen MR) is 66.4 cm³/mol. The molecule has 0 saturated heterocycles. The lowest BCUT2D eigenvalue weighted by atomic mass is 10.0. The van der Waals surface area contributed by atoms with E-state index in [0.29, 0.717) is 0 Å². The van der Waals surface area contributed by atoms with Crippen molar-refractivity contribution < 1.29 is 0 Å². The number of halogens is 1. The molecule has 1 nitrogen and oxygen atoms in total. The molecule has 1 unspecified atom stereocenters. The van der Waals surface area contributed by atoms with Gasteiger partial charge in [-0.05, 0) is 17.7 Å². The molecule has 0 aliphatic heterocycles. The summed E-state index contributed by atoms with van der Waals surface area (Å²) in [7, 11) is 0. The van der Waals surface area contributed by atoms with Gasteiger partial charge in [-0.3, -0.25) is 0 Å². The normalized spacial score (nSPS) is 12.7. The van der Waals surface area contributed by atoms with E-state index in [9.17, 15) is 0 Å². The Morgan fingerprint density at radius 2 is 1.87 bits per heavy atom. The highest BCUT2D eigenvalue weighted by Gasteiger charge is 2.07. The summed E-state index contributed by atoms with van der Waals surface area (Å²) in [5.74, 6) is 0. The first-order chi connectivity index (χ1) is 7.25. The second-order valence-electron chi connectivity index (χ2n) is 3.43.